The fraction of sp³-hybridized carbons (Fsp3) is 0. The molecule has 0 radical (unpaired) electrons. The zero-order valence-electron chi connectivity index (χ0n) is 27.0. The predicted octanol–water partition coefficient (Wildman–Crippen LogP) is 10.3. The van der Waals surface area contributed by atoms with Crippen molar-refractivity contribution in [1.82, 2.24) is 9.55 Å². The van der Waals surface area contributed by atoms with Crippen LogP contribution in [0.5, 0.6) is 0 Å². The molecule has 1 heterocycles. The third-order valence-corrected chi connectivity index (χ3v) is 7.67. The molecule has 0 aliphatic carbocycles. The Morgan fingerprint density at radius 1 is 0.488 bits per heavy atom. The normalized spacial score (nSPS) is 13.1. The van der Waals surface area contributed by atoms with Crippen LogP contribution in [0, 0.1) is 0 Å². The monoisotopic (exact) mass is 527 g/mol. The average molecular weight is 528 g/mol. The van der Waals surface area contributed by atoms with Crippen molar-refractivity contribution in [2.24, 2.45) is 0 Å². The number of benzene rings is 7. The third kappa shape index (κ3) is 3.84. The Balaban J connectivity index is 1.44. The average Bonchev–Trinajstić information content (AvgIpc) is 3.50. The predicted molar refractivity (Wildman–Crippen MR) is 172 cm³/mol. The van der Waals surface area contributed by atoms with E-state index in [0.29, 0.717) is 5.56 Å². The quantitative estimate of drug-likeness (QED) is 0.208. The summed E-state index contributed by atoms with van der Waals surface area (Å²) in [5, 5.41) is 3.49. The molecule has 7 aromatic carbocycles. The molecule has 41 heavy (non-hydrogen) atoms. The lowest BCUT2D eigenvalue weighted by molar-refractivity contribution is 1.10. The third-order valence-electron chi connectivity index (χ3n) is 7.67. The summed E-state index contributed by atoms with van der Waals surface area (Å²) in [4.78, 5) is 5.03. The van der Waals surface area contributed by atoms with E-state index in [0.717, 1.165) is 60.8 Å². The van der Waals surface area contributed by atoms with E-state index in [4.69, 9.17) is 11.8 Å². The first-order valence-electron chi connectivity index (χ1n) is 16.1. The van der Waals surface area contributed by atoms with Crippen LogP contribution in [0.3, 0.4) is 0 Å². The molecule has 1 aromatic heterocycles. The number of hydrogen-bond acceptors (Lipinski definition) is 1. The van der Waals surface area contributed by atoms with Crippen LogP contribution in [0.2, 0.25) is 0 Å². The van der Waals surface area contributed by atoms with Crippen LogP contribution in [0.25, 0.3) is 71.9 Å². The van der Waals surface area contributed by atoms with E-state index in [1.165, 1.54) is 0 Å². The van der Waals surface area contributed by atoms with Crippen molar-refractivity contribution in [3.8, 4) is 39.3 Å². The lowest BCUT2D eigenvalue weighted by Crippen LogP contribution is -1.98. The minimum Gasteiger partial charge on any atom is -0.292 e. The second-order valence-corrected chi connectivity index (χ2v) is 10.0. The molecule has 0 spiro atoms. The lowest BCUT2D eigenvalue weighted by Gasteiger charge is -2.18. The maximum absolute atomic E-state index is 8.82. The Kier molecular flexibility index (Phi) is 4.40. The molecular weight excluding hydrogens is 496 g/mol. The van der Waals surface area contributed by atoms with Gasteiger partial charge in [-0.05, 0) is 68.1 Å². The van der Waals surface area contributed by atoms with Gasteiger partial charge in [0.25, 0.3) is 0 Å². The zero-order chi connectivity index (χ0) is 31.5. The molecule has 0 aliphatic heterocycles. The van der Waals surface area contributed by atoms with Crippen LogP contribution >= 0.6 is 0 Å². The summed E-state index contributed by atoms with van der Waals surface area (Å²) >= 11 is 0. The highest BCUT2D eigenvalue weighted by atomic mass is 15.1. The van der Waals surface area contributed by atoms with Gasteiger partial charge in [0, 0.05) is 11.3 Å². The lowest BCUT2D eigenvalue weighted by atomic mass is 9.86. The first kappa shape index (κ1) is 18.8. The number of fused-ring (bicyclic) bond motifs is 3. The summed E-state index contributed by atoms with van der Waals surface area (Å²) < 4.78 is 44.8. The van der Waals surface area contributed by atoms with Crippen molar-refractivity contribution in [2.75, 3.05) is 0 Å². The van der Waals surface area contributed by atoms with E-state index in [1.54, 1.807) is 0 Å². The van der Waals surface area contributed by atoms with Crippen molar-refractivity contribution in [3.63, 3.8) is 0 Å². The van der Waals surface area contributed by atoms with Gasteiger partial charge in [0.05, 0.1) is 17.9 Å². The minimum absolute atomic E-state index is 0.205. The van der Waals surface area contributed by atoms with Crippen molar-refractivity contribution in [1.29, 1.82) is 0 Å². The highest BCUT2D eigenvalue weighted by Gasteiger charge is 2.18. The van der Waals surface area contributed by atoms with Gasteiger partial charge in [0.15, 0.2) is 0 Å². The molecule has 8 rings (SSSR count). The van der Waals surface area contributed by atoms with E-state index >= 15 is 0 Å². The van der Waals surface area contributed by atoms with E-state index < -0.39 is 6.04 Å². The van der Waals surface area contributed by atoms with Gasteiger partial charge in [-0.2, -0.15) is 0 Å². The van der Waals surface area contributed by atoms with Gasteiger partial charge in [0.2, 0.25) is 0 Å². The summed E-state index contributed by atoms with van der Waals surface area (Å²) in [7, 11) is 0. The Morgan fingerprint density at radius 3 is 1.73 bits per heavy atom. The standard InChI is InChI=1S/C39H26N2/c1-3-14-27(15-4-1)37-31-20-7-9-22-33(31)38(34-23-10-8-21-32(34)37)29-18-13-19-30(26-29)41-36-25-12-11-24-35(36)40-39(41)28-16-5-2-6-17-28/h1-26H/i1D,3D,4D,14D,15D. The van der Waals surface area contributed by atoms with E-state index in [1.807, 2.05) is 84.9 Å². The minimum atomic E-state index is -0.400. The zero-order valence-corrected chi connectivity index (χ0v) is 22.0. The van der Waals surface area contributed by atoms with E-state index in [9.17, 15) is 0 Å². The van der Waals surface area contributed by atoms with Crippen LogP contribution in [0.4, 0.5) is 0 Å². The number of nitrogens with zero attached hydrogens (tertiary/aromatic N) is 2. The van der Waals surface area contributed by atoms with Gasteiger partial charge in [-0.1, -0.05) is 133 Å². The molecule has 0 saturated carbocycles. The number of rotatable bonds is 4. The number of para-hydroxylation sites is 2. The summed E-state index contributed by atoms with van der Waals surface area (Å²) in [6, 6.07) is 41.1. The van der Waals surface area contributed by atoms with Crippen molar-refractivity contribution >= 4 is 32.6 Å². The molecule has 2 nitrogen and oxygen atoms in total. The summed E-state index contributed by atoms with van der Waals surface area (Å²) in [5.74, 6) is 0.852. The Morgan fingerprint density at radius 2 is 1.05 bits per heavy atom. The summed E-state index contributed by atoms with van der Waals surface area (Å²) in [5.41, 5.74) is 6.74. The molecular formula is C39H26N2. The molecule has 0 amide bonds. The molecule has 0 bridgehead atoms. The molecule has 0 aliphatic rings. The van der Waals surface area contributed by atoms with Gasteiger partial charge in [-0.15, -0.1) is 0 Å². The molecule has 2 heteroatoms. The molecule has 0 fully saturated rings. The summed E-state index contributed by atoms with van der Waals surface area (Å²) in [6.07, 6.45) is 0. The number of hydrogen-bond donors (Lipinski definition) is 0. The molecule has 8 aromatic rings. The van der Waals surface area contributed by atoms with Crippen LogP contribution in [-0.4, -0.2) is 9.55 Å². The highest BCUT2D eigenvalue weighted by molar-refractivity contribution is 6.21. The molecule has 0 saturated heterocycles. The van der Waals surface area contributed by atoms with Gasteiger partial charge >= 0.3 is 0 Å². The smallest absolute Gasteiger partial charge is 0.145 e. The fourth-order valence-corrected chi connectivity index (χ4v) is 5.95. The van der Waals surface area contributed by atoms with Gasteiger partial charge in [0.1, 0.15) is 5.82 Å². The van der Waals surface area contributed by atoms with Gasteiger partial charge in [-0.25, -0.2) is 4.98 Å². The van der Waals surface area contributed by atoms with Gasteiger partial charge in [-0.3, -0.25) is 4.57 Å². The van der Waals surface area contributed by atoms with Crippen LogP contribution in [0.15, 0.2) is 158 Å². The Hall–Kier alpha value is -5.47. The Bertz CT molecular complexity index is 2400. The van der Waals surface area contributed by atoms with Gasteiger partial charge < -0.3 is 0 Å². The number of imidazole rings is 1. The second-order valence-electron chi connectivity index (χ2n) is 10.0. The second kappa shape index (κ2) is 9.62. The molecule has 192 valence electrons. The van der Waals surface area contributed by atoms with E-state index in [-0.39, 0.29) is 29.7 Å². The molecule has 0 unspecified atom stereocenters. The maximum Gasteiger partial charge on any atom is 0.145 e. The van der Waals surface area contributed by atoms with Crippen molar-refractivity contribution in [2.45, 2.75) is 0 Å². The van der Waals surface area contributed by atoms with Crippen LogP contribution in [0.1, 0.15) is 6.85 Å². The maximum atomic E-state index is 8.82. The first-order valence-corrected chi connectivity index (χ1v) is 13.6. The van der Waals surface area contributed by atoms with E-state index in [2.05, 4.69) is 47.0 Å². The van der Waals surface area contributed by atoms with Crippen LogP contribution in [-0.2, 0) is 0 Å². The number of aromatic nitrogens is 2. The van der Waals surface area contributed by atoms with Crippen molar-refractivity contribution in [3.05, 3.63) is 158 Å². The fourth-order valence-electron chi connectivity index (χ4n) is 5.95. The van der Waals surface area contributed by atoms with Crippen molar-refractivity contribution < 1.29 is 6.85 Å². The topological polar surface area (TPSA) is 17.8 Å². The summed E-state index contributed by atoms with van der Waals surface area (Å²) in [6.45, 7) is 0. The SMILES string of the molecule is [2H]c1c([2H])c([2H])c(-c2c3ccccc3c(-c3cccc(-n4c(-c5ccccc5)nc5ccccc54)c3)c3ccccc23)c([2H])c1[2H]. The highest BCUT2D eigenvalue weighted by Crippen LogP contribution is 2.44. The largest absolute Gasteiger partial charge is 0.292 e. The molecule has 0 N–H and O–H groups in total. The van der Waals surface area contributed by atoms with Crippen LogP contribution < -0.4 is 0 Å². The first-order chi connectivity index (χ1) is 22.4. The Labute approximate surface area is 245 Å². The molecule has 0 atom stereocenters.